The van der Waals surface area contributed by atoms with Crippen molar-refractivity contribution in [2.45, 2.75) is 31.3 Å². The average molecular weight is 561 g/mol. The lowest BCUT2D eigenvalue weighted by Gasteiger charge is -2.20. The van der Waals surface area contributed by atoms with E-state index in [1.807, 2.05) is 74.6 Å². The SMILES string of the molecule is CN(Cc1ccccc1CNCC(=O)Nc1ccc2c(c1)CC1(C2)C(=O)Nc2ncccc21)C(=O)O[P+](C)(C)C. The Bertz CT molecular complexity index is 1470. The molecule has 3 N–H and O–H groups in total. The minimum atomic E-state index is -1.70. The van der Waals surface area contributed by atoms with Crippen molar-refractivity contribution in [3.63, 3.8) is 0 Å². The number of amides is 3. The summed E-state index contributed by atoms with van der Waals surface area (Å²) in [6.45, 7) is 6.87. The van der Waals surface area contributed by atoms with Crippen LogP contribution in [0.5, 0.6) is 0 Å². The number of pyridine rings is 1. The van der Waals surface area contributed by atoms with Gasteiger partial charge in [0, 0.05) is 37.6 Å². The zero-order valence-corrected chi connectivity index (χ0v) is 24.2. The number of rotatable bonds is 8. The number of hydrogen-bond donors (Lipinski definition) is 3. The first-order valence-corrected chi connectivity index (χ1v) is 16.3. The van der Waals surface area contributed by atoms with E-state index in [9.17, 15) is 14.4 Å². The van der Waals surface area contributed by atoms with E-state index in [0.29, 0.717) is 37.4 Å². The van der Waals surface area contributed by atoms with Gasteiger partial charge in [0.15, 0.2) is 7.49 Å². The van der Waals surface area contributed by atoms with E-state index in [1.165, 1.54) is 0 Å². The number of nitrogens with one attached hydrogen (secondary N) is 3. The second-order valence-electron chi connectivity index (χ2n) is 11.3. The molecule has 1 spiro atoms. The van der Waals surface area contributed by atoms with E-state index in [2.05, 4.69) is 20.9 Å². The summed E-state index contributed by atoms with van der Waals surface area (Å²) in [6.07, 6.45) is 2.54. The van der Waals surface area contributed by atoms with Gasteiger partial charge in [0.1, 0.15) is 5.82 Å². The number of benzene rings is 2. The Morgan fingerprint density at radius 2 is 1.80 bits per heavy atom. The lowest BCUT2D eigenvalue weighted by atomic mass is 9.79. The molecule has 1 aliphatic heterocycles. The second kappa shape index (κ2) is 11.0. The standard InChI is InChI=1S/C30H34N5O4P/c1-35(29(38)39-40(2,3)4)19-22-9-6-5-8-21(22)17-31-18-26(36)33-24-12-11-20-15-30(16-23(20)14-24)25-10-7-13-32-27(25)34-28(30)37/h5-14,31H,15-19H2,1-4H3,(H-,32,33,34,36,37)/p+1. The highest BCUT2D eigenvalue weighted by molar-refractivity contribution is 7.69. The zero-order valence-electron chi connectivity index (χ0n) is 23.3. The summed E-state index contributed by atoms with van der Waals surface area (Å²) in [4.78, 5) is 44.0. The molecule has 9 nitrogen and oxygen atoms in total. The van der Waals surface area contributed by atoms with Gasteiger partial charge < -0.3 is 20.9 Å². The summed E-state index contributed by atoms with van der Waals surface area (Å²) in [5, 5.41) is 9.11. The number of carbonyl (C=O) groups excluding carboxylic acids is 3. The minimum Gasteiger partial charge on any atom is -0.325 e. The number of fused-ring (bicyclic) bond motifs is 3. The number of anilines is 2. The third kappa shape index (κ3) is 5.86. The highest BCUT2D eigenvalue weighted by atomic mass is 31.2. The number of hydrogen-bond acceptors (Lipinski definition) is 6. The van der Waals surface area contributed by atoms with E-state index in [4.69, 9.17) is 4.52 Å². The molecule has 2 heterocycles. The van der Waals surface area contributed by atoms with Crippen molar-refractivity contribution in [1.29, 1.82) is 0 Å². The van der Waals surface area contributed by atoms with Gasteiger partial charge in [0.05, 0.1) is 32.0 Å². The average Bonchev–Trinajstić information content (AvgIpc) is 3.41. The maximum absolute atomic E-state index is 12.9. The van der Waals surface area contributed by atoms with Crippen LogP contribution >= 0.6 is 7.49 Å². The van der Waals surface area contributed by atoms with Crippen LogP contribution in [-0.4, -0.2) is 61.4 Å². The van der Waals surface area contributed by atoms with Crippen LogP contribution in [0.2, 0.25) is 0 Å². The molecule has 0 radical (unpaired) electrons. The first-order valence-electron chi connectivity index (χ1n) is 13.3. The highest BCUT2D eigenvalue weighted by Crippen LogP contribution is 2.48. The van der Waals surface area contributed by atoms with Crippen molar-refractivity contribution < 1.29 is 18.9 Å². The summed E-state index contributed by atoms with van der Waals surface area (Å²) in [5.41, 5.74) is 5.17. The molecule has 208 valence electrons. The van der Waals surface area contributed by atoms with Crippen LogP contribution in [0.3, 0.4) is 0 Å². The van der Waals surface area contributed by atoms with Crippen molar-refractivity contribution in [1.82, 2.24) is 15.2 Å². The van der Waals surface area contributed by atoms with E-state index >= 15 is 0 Å². The fourth-order valence-corrected chi connectivity index (χ4v) is 5.98. The molecule has 1 aromatic heterocycles. The third-order valence-corrected chi connectivity index (χ3v) is 7.96. The minimum absolute atomic E-state index is 0.0220. The molecule has 1 aliphatic carbocycles. The van der Waals surface area contributed by atoms with Gasteiger partial charge in [0.2, 0.25) is 11.8 Å². The van der Waals surface area contributed by atoms with Crippen molar-refractivity contribution in [2.75, 3.05) is 44.2 Å². The maximum Gasteiger partial charge on any atom is 0.447 e. The monoisotopic (exact) mass is 560 g/mol. The van der Waals surface area contributed by atoms with Gasteiger partial charge in [-0.2, -0.15) is 0 Å². The van der Waals surface area contributed by atoms with Gasteiger partial charge in [-0.05, 0) is 53.3 Å². The van der Waals surface area contributed by atoms with Crippen LogP contribution in [0, 0.1) is 0 Å². The highest BCUT2D eigenvalue weighted by Gasteiger charge is 2.51. The first kappa shape index (κ1) is 27.7. The van der Waals surface area contributed by atoms with Gasteiger partial charge in [-0.1, -0.05) is 36.4 Å². The number of carbonyl (C=O) groups is 3. The quantitative estimate of drug-likeness (QED) is 0.356. The zero-order chi connectivity index (χ0) is 28.5. The van der Waals surface area contributed by atoms with Crippen LogP contribution in [0.25, 0.3) is 0 Å². The summed E-state index contributed by atoms with van der Waals surface area (Å²) in [5.74, 6) is 0.457. The molecule has 0 saturated carbocycles. The van der Waals surface area contributed by atoms with Gasteiger partial charge in [0.25, 0.3) is 0 Å². The fraction of sp³-hybridized carbons (Fsp3) is 0.333. The van der Waals surface area contributed by atoms with Gasteiger partial charge in [-0.15, -0.1) is 0 Å². The van der Waals surface area contributed by atoms with Crippen molar-refractivity contribution in [3.8, 4) is 0 Å². The Kier molecular flexibility index (Phi) is 7.62. The molecule has 0 bridgehead atoms. The summed E-state index contributed by atoms with van der Waals surface area (Å²) < 4.78 is 5.56. The normalized spacial score (nSPS) is 17.2. The molecule has 2 aliphatic rings. The lowest BCUT2D eigenvalue weighted by molar-refractivity contribution is -0.120. The first-order chi connectivity index (χ1) is 19.0. The second-order valence-corrected chi connectivity index (χ2v) is 15.3. The van der Waals surface area contributed by atoms with Crippen LogP contribution in [0.4, 0.5) is 16.3 Å². The Morgan fingerprint density at radius 1 is 1.05 bits per heavy atom. The molecule has 3 aromatic rings. The van der Waals surface area contributed by atoms with Crippen LogP contribution in [0.15, 0.2) is 60.8 Å². The Labute approximate surface area is 235 Å². The van der Waals surface area contributed by atoms with Crippen molar-refractivity contribution in [2.24, 2.45) is 0 Å². The molecular formula is C30H35N5O4P+. The third-order valence-electron chi connectivity index (χ3n) is 7.25. The molecule has 3 amide bonds. The summed E-state index contributed by atoms with van der Waals surface area (Å²) in [7, 11) is 0.0291. The maximum atomic E-state index is 12.9. The molecule has 0 saturated heterocycles. The van der Waals surface area contributed by atoms with E-state index in [-0.39, 0.29) is 24.5 Å². The van der Waals surface area contributed by atoms with Crippen LogP contribution < -0.4 is 16.0 Å². The Hall–Kier alpha value is -3.81. The molecule has 2 aromatic carbocycles. The molecule has 5 rings (SSSR count). The smallest absolute Gasteiger partial charge is 0.325 e. The van der Waals surface area contributed by atoms with E-state index in [0.717, 1.165) is 27.8 Å². The molecule has 0 fully saturated rings. The number of nitrogens with zero attached hydrogens (tertiary/aromatic N) is 2. The largest absolute Gasteiger partial charge is 0.447 e. The van der Waals surface area contributed by atoms with E-state index in [1.54, 1.807) is 18.1 Å². The fourth-order valence-electron chi connectivity index (χ4n) is 5.37. The topological polar surface area (TPSA) is 113 Å². The molecule has 10 heteroatoms. The number of aromatic nitrogens is 1. The van der Waals surface area contributed by atoms with Gasteiger partial charge in [-0.25, -0.2) is 9.78 Å². The van der Waals surface area contributed by atoms with Crippen molar-refractivity contribution in [3.05, 3.63) is 88.6 Å². The molecule has 40 heavy (non-hydrogen) atoms. The van der Waals surface area contributed by atoms with Gasteiger partial charge >= 0.3 is 6.09 Å². The predicted molar refractivity (Wildman–Crippen MR) is 158 cm³/mol. The van der Waals surface area contributed by atoms with E-state index < -0.39 is 12.9 Å². The summed E-state index contributed by atoms with van der Waals surface area (Å²) >= 11 is 0. The molecule has 1 unspecified atom stereocenters. The Morgan fingerprint density at radius 3 is 2.58 bits per heavy atom. The lowest BCUT2D eigenvalue weighted by Crippen LogP contribution is -2.35. The van der Waals surface area contributed by atoms with Crippen LogP contribution in [-0.2, 0) is 45.5 Å². The molecule has 1 atom stereocenters. The van der Waals surface area contributed by atoms with Gasteiger partial charge in [-0.3, -0.25) is 14.1 Å². The van der Waals surface area contributed by atoms with Crippen LogP contribution in [0.1, 0.15) is 27.8 Å². The summed E-state index contributed by atoms with van der Waals surface area (Å²) in [6, 6.07) is 17.5. The molecular weight excluding hydrogens is 525 g/mol. The predicted octanol–water partition coefficient (Wildman–Crippen LogP) is 4.19. The Balaban J connectivity index is 1.16. The van der Waals surface area contributed by atoms with Crippen molar-refractivity contribution >= 4 is 36.9 Å².